The maximum Gasteiger partial charge on any atom is 0.317 e. The smallest absolute Gasteiger partial charge is 0.317 e. The number of nitrogens with zero attached hydrogens (tertiary/aromatic N) is 1. The predicted octanol–water partition coefficient (Wildman–Crippen LogP) is 3.30. The van der Waals surface area contributed by atoms with Crippen molar-refractivity contribution in [2.24, 2.45) is 11.3 Å². The number of aliphatic carboxylic acids is 1. The fourth-order valence-electron chi connectivity index (χ4n) is 4.25. The van der Waals surface area contributed by atoms with E-state index in [0.29, 0.717) is 26.1 Å². The molecule has 1 saturated carbocycles. The summed E-state index contributed by atoms with van der Waals surface area (Å²) in [7, 11) is 0. The summed E-state index contributed by atoms with van der Waals surface area (Å²) in [6.45, 7) is 1.37. The lowest BCUT2D eigenvalue weighted by molar-refractivity contribution is -0.149. The van der Waals surface area contributed by atoms with Crippen molar-refractivity contribution < 1.29 is 14.7 Å². The first-order chi connectivity index (χ1) is 11.6. The van der Waals surface area contributed by atoms with Gasteiger partial charge in [-0.15, -0.1) is 11.3 Å². The molecule has 6 heteroatoms. The predicted molar refractivity (Wildman–Crippen MR) is 93.0 cm³/mol. The second kappa shape index (κ2) is 5.77. The van der Waals surface area contributed by atoms with Gasteiger partial charge in [-0.05, 0) is 41.2 Å². The summed E-state index contributed by atoms with van der Waals surface area (Å²) in [6.07, 6.45) is 2.55. The molecule has 5 nitrogen and oxygen atoms in total. The third-order valence-electron chi connectivity index (χ3n) is 5.58. The lowest BCUT2D eigenvalue weighted by Crippen LogP contribution is -2.41. The zero-order chi connectivity index (χ0) is 16.7. The molecule has 2 N–H and O–H groups in total. The summed E-state index contributed by atoms with van der Waals surface area (Å²) in [6, 6.07) is 7.99. The minimum absolute atomic E-state index is 0.0997. The molecule has 1 aromatic carbocycles. The van der Waals surface area contributed by atoms with E-state index in [9.17, 15) is 14.7 Å². The van der Waals surface area contributed by atoms with E-state index in [-0.39, 0.29) is 11.9 Å². The van der Waals surface area contributed by atoms with Crippen molar-refractivity contribution in [3.8, 4) is 0 Å². The van der Waals surface area contributed by atoms with E-state index >= 15 is 0 Å². The summed E-state index contributed by atoms with van der Waals surface area (Å²) in [5, 5.41) is 15.8. The van der Waals surface area contributed by atoms with Gasteiger partial charge in [0.15, 0.2) is 0 Å². The van der Waals surface area contributed by atoms with Crippen molar-refractivity contribution in [1.29, 1.82) is 0 Å². The zero-order valence-corrected chi connectivity index (χ0v) is 14.1. The van der Waals surface area contributed by atoms with Gasteiger partial charge in [-0.2, -0.15) is 0 Å². The van der Waals surface area contributed by atoms with Crippen LogP contribution in [-0.2, 0) is 11.3 Å². The lowest BCUT2D eigenvalue weighted by Gasteiger charge is -2.23. The molecule has 1 aromatic heterocycles. The van der Waals surface area contributed by atoms with Crippen LogP contribution in [0, 0.1) is 11.3 Å². The van der Waals surface area contributed by atoms with Crippen LogP contribution in [0.1, 0.15) is 24.8 Å². The number of nitrogens with one attached hydrogen (secondary N) is 1. The number of carbonyl (C=O) groups is 2. The van der Waals surface area contributed by atoms with Gasteiger partial charge in [0.05, 0.1) is 5.41 Å². The number of amides is 2. The van der Waals surface area contributed by atoms with Gasteiger partial charge in [0, 0.05) is 24.3 Å². The second-order valence-electron chi connectivity index (χ2n) is 6.85. The first-order valence-corrected chi connectivity index (χ1v) is 9.19. The number of likely N-dealkylation sites (tertiary alicyclic amines) is 1. The quantitative estimate of drug-likeness (QED) is 0.897. The number of carboxylic acid groups (broad SMARTS) is 1. The SMILES string of the molecule is O=C(NCc1csc2ccccc12)N1C[C@@H]2CCC[C@@]2(C(=O)O)C1. The Morgan fingerprint density at radius 1 is 1.38 bits per heavy atom. The number of carboxylic acids is 1. The third-order valence-corrected chi connectivity index (χ3v) is 6.59. The number of thiophene rings is 1. The molecular formula is C18H20N2O3S. The molecule has 1 aliphatic heterocycles. The highest BCUT2D eigenvalue weighted by Gasteiger charge is 2.55. The van der Waals surface area contributed by atoms with Gasteiger partial charge < -0.3 is 15.3 Å². The van der Waals surface area contributed by atoms with E-state index in [2.05, 4.69) is 22.8 Å². The van der Waals surface area contributed by atoms with E-state index < -0.39 is 11.4 Å². The van der Waals surface area contributed by atoms with Crippen LogP contribution < -0.4 is 5.32 Å². The topological polar surface area (TPSA) is 69.6 Å². The highest BCUT2D eigenvalue weighted by molar-refractivity contribution is 7.17. The summed E-state index contributed by atoms with van der Waals surface area (Å²) in [5.41, 5.74) is 0.392. The largest absolute Gasteiger partial charge is 0.481 e. The highest BCUT2D eigenvalue weighted by atomic mass is 32.1. The number of benzene rings is 1. The summed E-state index contributed by atoms with van der Waals surface area (Å²) in [5.74, 6) is -0.646. The molecule has 0 radical (unpaired) electrons. The number of hydrogen-bond donors (Lipinski definition) is 2. The van der Waals surface area contributed by atoms with Crippen molar-refractivity contribution in [2.75, 3.05) is 13.1 Å². The van der Waals surface area contributed by atoms with E-state index in [4.69, 9.17) is 0 Å². The average molecular weight is 344 g/mol. The molecule has 2 amide bonds. The van der Waals surface area contributed by atoms with Crippen molar-refractivity contribution in [2.45, 2.75) is 25.8 Å². The van der Waals surface area contributed by atoms with Crippen LogP contribution in [0.2, 0.25) is 0 Å². The van der Waals surface area contributed by atoms with Crippen LogP contribution in [0.15, 0.2) is 29.6 Å². The normalized spacial score (nSPS) is 25.8. The molecule has 1 saturated heterocycles. The summed E-state index contributed by atoms with van der Waals surface area (Å²) >= 11 is 1.67. The van der Waals surface area contributed by atoms with Gasteiger partial charge in [0.25, 0.3) is 0 Å². The monoisotopic (exact) mass is 344 g/mol. The fourth-order valence-corrected chi connectivity index (χ4v) is 5.21. The van der Waals surface area contributed by atoms with Crippen LogP contribution in [0.5, 0.6) is 0 Å². The van der Waals surface area contributed by atoms with Gasteiger partial charge in [0.1, 0.15) is 0 Å². The van der Waals surface area contributed by atoms with Gasteiger partial charge in [-0.1, -0.05) is 24.6 Å². The molecule has 2 heterocycles. The minimum atomic E-state index is -0.746. The van der Waals surface area contributed by atoms with E-state index in [0.717, 1.165) is 18.4 Å². The number of rotatable bonds is 3. The fraction of sp³-hybridized carbons (Fsp3) is 0.444. The Bertz CT molecular complexity index is 802. The van der Waals surface area contributed by atoms with Crippen LogP contribution in [0.4, 0.5) is 4.79 Å². The Morgan fingerprint density at radius 2 is 2.21 bits per heavy atom. The van der Waals surface area contributed by atoms with E-state index in [1.165, 1.54) is 10.1 Å². The molecule has 2 aromatic rings. The van der Waals surface area contributed by atoms with Crippen LogP contribution >= 0.6 is 11.3 Å². The molecule has 0 bridgehead atoms. The first kappa shape index (κ1) is 15.4. The molecule has 0 unspecified atom stereocenters. The standard InChI is InChI=1S/C18H20N2O3S/c21-16(22)18-7-3-4-13(18)9-20(11-18)17(23)19-8-12-10-24-15-6-2-1-5-14(12)15/h1-2,5-6,10,13H,3-4,7-9,11H2,(H,19,23)(H,21,22)/t13-,18+/m0/s1. The molecule has 1 aliphatic carbocycles. The summed E-state index contributed by atoms with van der Waals surface area (Å²) < 4.78 is 1.21. The molecule has 0 spiro atoms. The molecule has 126 valence electrons. The van der Waals surface area contributed by atoms with Crippen molar-refractivity contribution >= 4 is 33.4 Å². The molecule has 2 aliphatic rings. The summed E-state index contributed by atoms with van der Waals surface area (Å²) in [4.78, 5) is 25.9. The molecule has 24 heavy (non-hydrogen) atoms. The Labute approximate surface area is 144 Å². The molecular weight excluding hydrogens is 324 g/mol. The average Bonchev–Trinajstić information content (AvgIpc) is 3.25. The Kier molecular flexibility index (Phi) is 3.72. The van der Waals surface area contributed by atoms with Gasteiger partial charge >= 0.3 is 12.0 Å². The van der Waals surface area contributed by atoms with E-state index in [1.807, 2.05) is 12.1 Å². The van der Waals surface area contributed by atoms with Crippen LogP contribution in [0.3, 0.4) is 0 Å². The number of carbonyl (C=O) groups excluding carboxylic acids is 1. The third kappa shape index (κ3) is 2.36. The second-order valence-corrected chi connectivity index (χ2v) is 7.76. The first-order valence-electron chi connectivity index (χ1n) is 8.31. The molecule has 2 fully saturated rings. The number of fused-ring (bicyclic) bond motifs is 2. The van der Waals surface area contributed by atoms with Crippen molar-refractivity contribution in [1.82, 2.24) is 10.2 Å². The molecule has 4 rings (SSSR count). The zero-order valence-electron chi connectivity index (χ0n) is 13.3. The van der Waals surface area contributed by atoms with Crippen LogP contribution in [-0.4, -0.2) is 35.1 Å². The highest BCUT2D eigenvalue weighted by Crippen LogP contribution is 2.48. The lowest BCUT2D eigenvalue weighted by atomic mass is 9.81. The maximum atomic E-state index is 12.5. The van der Waals surface area contributed by atoms with E-state index in [1.54, 1.807) is 16.2 Å². The van der Waals surface area contributed by atoms with Crippen molar-refractivity contribution in [3.63, 3.8) is 0 Å². The Morgan fingerprint density at radius 3 is 3.00 bits per heavy atom. The van der Waals surface area contributed by atoms with Gasteiger partial charge in [-0.3, -0.25) is 4.79 Å². The van der Waals surface area contributed by atoms with Crippen LogP contribution in [0.25, 0.3) is 10.1 Å². The minimum Gasteiger partial charge on any atom is -0.481 e. The van der Waals surface area contributed by atoms with Crippen molar-refractivity contribution in [3.05, 3.63) is 35.2 Å². The molecule has 2 atom stereocenters. The number of urea groups is 1. The number of hydrogen-bond acceptors (Lipinski definition) is 3. The van der Waals surface area contributed by atoms with Gasteiger partial charge in [-0.25, -0.2) is 4.79 Å². The Hall–Kier alpha value is -2.08. The maximum absolute atomic E-state index is 12.5. The Balaban J connectivity index is 1.43. The van der Waals surface area contributed by atoms with Gasteiger partial charge in [0.2, 0.25) is 0 Å².